The van der Waals surface area contributed by atoms with Gasteiger partial charge in [0.2, 0.25) is 0 Å². The number of aromatic nitrogens is 2. The van der Waals surface area contributed by atoms with Crippen molar-refractivity contribution < 1.29 is 0 Å². The van der Waals surface area contributed by atoms with Crippen LogP contribution in [0.4, 0.5) is 0 Å². The maximum absolute atomic E-state index is 5.50. The van der Waals surface area contributed by atoms with Crippen LogP contribution < -0.4 is 0 Å². The molecule has 2 heteroatoms. The fourth-order valence-electron chi connectivity index (χ4n) is 7.59. The van der Waals surface area contributed by atoms with E-state index in [1.807, 2.05) is 0 Å². The van der Waals surface area contributed by atoms with Crippen LogP contribution in [0.1, 0.15) is 25.0 Å². The Hall–Kier alpha value is -5.60. The molecular weight excluding hydrogens is 544 g/mol. The van der Waals surface area contributed by atoms with E-state index in [0.29, 0.717) is 0 Å². The minimum Gasteiger partial charge on any atom is -0.228 e. The summed E-state index contributed by atoms with van der Waals surface area (Å²) >= 11 is 0. The summed E-state index contributed by atoms with van der Waals surface area (Å²) in [5.74, 6) is 0.746. The highest BCUT2D eigenvalue weighted by atomic mass is 14.9. The molecule has 0 N–H and O–H groups in total. The molecule has 0 aliphatic heterocycles. The van der Waals surface area contributed by atoms with Crippen LogP contribution in [0, 0.1) is 0 Å². The van der Waals surface area contributed by atoms with Crippen LogP contribution in [-0.4, -0.2) is 9.97 Å². The van der Waals surface area contributed by atoms with Gasteiger partial charge in [0.25, 0.3) is 0 Å². The quantitative estimate of drug-likeness (QED) is 0.155. The first-order valence-electron chi connectivity index (χ1n) is 15.6. The van der Waals surface area contributed by atoms with Crippen molar-refractivity contribution in [1.29, 1.82) is 0 Å². The van der Waals surface area contributed by atoms with E-state index in [1.165, 1.54) is 49.2 Å². The van der Waals surface area contributed by atoms with E-state index in [9.17, 15) is 0 Å². The topological polar surface area (TPSA) is 25.8 Å². The summed E-state index contributed by atoms with van der Waals surface area (Å²) in [7, 11) is 0. The summed E-state index contributed by atoms with van der Waals surface area (Å²) in [5, 5.41) is 7.14. The minimum atomic E-state index is -0.164. The molecule has 1 aliphatic rings. The van der Waals surface area contributed by atoms with Gasteiger partial charge in [-0.1, -0.05) is 147 Å². The number of nitrogens with zero attached hydrogens (tertiary/aromatic N) is 2. The second kappa shape index (κ2) is 9.70. The summed E-state index contributed by atoms with van der Waals surface area (Å²) in [5.41, 5.74) is 10.3. The smallest absolute Gasteiger partial charge is 0.161 e. The molecular formula is C43H30N2. The molecule has 8 aromatic rings. The zero-order chi connectivity index (χ0) is 30.1. The molecule has 0 atom stereocenters. The Bertz CT molecular complexity index is 2450. The maximum Gasteiger partial charge on any atom is 0.161 e. The Kier molecular flexibility index (Phi) is 5.58. The van der Waals surface area contributed by atoms with Gasteiger partial charge < -0.3 is 0 Å². The molecule has 0 saturated carbocycles. The molecule has 0 radical (unpaired) electrons. The lowest BCUT2D eigenvalue weighted by Crippen LogP contribution is -2.16. The Morgan fingerprint density at radius 1 is 0.467 bits per heavy atom. The second-order valence-corrected chi connectivity index (χ2v) is 12.6. The van der Waals surface area contributed by atoms with Crippen molar-refractivity contribution in [1.82, 2.24) is 9.97 Å². The monoisotopic (exact) mass is 574 g/mol. The van der Waals surface area contributed by atoms with E-state index >= 15 is 0 Å². The van der Waals surface area contributed by atoms with Crippen LogP contribution in [0.3, 0.4) is 0 Å². The van der Waals surface area contributed by atoms with Gasteiger partial charge in [-0.15, -0.1) is 0 Å². The van der Waals surface area contributed by atoms with Crippen LogP contribution in [-0.2, 0) is 5.41 Å². The van der Waals surface area contributed by atoms with Gasteiger partial charge in [-0.3, -0.25) is 0 Å². The van der Waals surface area contributed by atoms with Crippen molar-refractivity contribution in [3.63, 3.8) is 0 Å². The third-order valence-electron chi connectivity index (χ3n) is 9.63. The average Bonchev–Trinajstić information content (AvgIpc) is 3.33. The number of fused-ring (bicyclic) bond motifs is 7. The number of hydrogen-bond donors (Lipinski definition) is 0. The lowest BCUT2D eigenvalue weighted by Gasteiger charge is -2.24. The van der Waals surface area contributed by atoms with Gasteiger partial charge in [-0.25, -0.2) is 9.97 Å². The minimum absolute atomic E-state index is 0.164. The highest BCUT2D eigenvalue weighted by Crippen LogP contribution is 2.52. The lowest BCUT2D eigenvalue weighted by molar-refractivity contribution is 0.662. The largest absolute Gasteiger partial charge is 0.228 e. The van der Waals surface area contributed by atoms with Crippen LogP contribution in [0.25, 0.3) is 77.3 Å². The third-order valence-corrected chi connectivity index (χ3v) is 9.63. The van der Waals surface area contributed by atoms with Crippen molar-refractivity contribution in [2.75, 3.05) is 0 Å². The summed E-state index contributed by atoms with van der Waals surface area (Å²) in [6, 6.07) is 52.2. The normalized spacial score (nSPS) is 13.3. The van der Waals surface area contributed by atoms with Crippen LogP contribution in [0.15, 0.2) is 146 Å². The SMILES string of the molecule is CC1(C)c2ccccc2-c2cccc(-c3cc(-c4ccccc4)nc(-c4c5ccccc5cc5ccc6ccccc6c45)n3)c21. The van der Waals surface area contributed by atoms with Gasteiger partial charge >= 0.3 is 0 Å². The fourth-order valence-corrected chi connectivity index (χ4v) is 7.59. The molecule has 1 heterocycles. The molecule has 7 aromatic carbocycles. The van der Waals surface area contributed by atoms with Crippen LogP contribution in [0.5, 0.6) is 0 Å². The van der Waals surface area contributed by atoms with Gasteiger partial charge in [0.05, 0.1) is 11.4 Å². The zero-order valence-corrected chi connectivity index (χ0v) is 25.3. The number of benzene rings is 7. The predicted molar refractivity (Wildman–Crippen MR) is 188 cm³/mol. The fraction of sp³-hybridized carbons (Fsp3) is 0.0698. The summed E-state index contributed by atoms with van der Waals surface area (Å²) in [6.45, 7) is 4.68. The van der Waals surface area contributed by atoms with Gasteiger partial charge in [-0.2, -0.15) is 0 Å². The number of rotatable bonds is 3. The molecule has 45 heavy (non-hydrogen) atoms. The standard InChI is InChI=1S/C43H30N2/c1-43(2)36-22-11-10-19-33(36)34-20-12-21-35(41(34)43)38-26-37(28-14-4-3-5-15-28)44-42(45-38)40-32-18-9-7-16-29(32)25-30-24-23-27-13-6-8-17-31(27)39(30)40/h3-26H,1-2H3. The molecule has 0 saturated heterocycles. The first kappa shape index (κ1) is 25.9. The van der Waals surface area contributed by atoms with Crippen molar-refractivity contribution in [2.45, 2.75) is 19.3 Å². The molecule has 212 valence electrons. The van der Waals surface area contributed by atoms with Crippen molar-refractivity contribution in [3.8, 4) is 45.0 Å². The van der Waals surface area contributed by atoms with Gasteiger partial charge in [0, 0.05) is 27.5 Å². The molecule has 1 aliphatic carbocycles. The Morgan fingerprint density at radius 3 is 1.98 bits per heavy atom. The zero-order valence-electron chi connectivity index (χ0n) is 25.3. The van der Waals surface area contributed by atoms with Crippen LogP contribution >= 0.6 is 0 Å². The predicted octanol–water partition coefficient (Wildman–Crippen LogP) is 11.2. The van der Waals surface area contributed by atoms with E-state index in [4.69, 9.17) is 9.97 Å². The van der Waals surface area contributed by atoms with Crippen molar-refractivity contribution in [2.24, 2.45) is 0 Å². The third kappa shape index (κ3) is 3.89. The van der Waals surface area contributed by atoms with Crippen LogP contribution in [0.2, 0.25) is 0 Å². The van der Waals surface area contributed by atoms with E-state index in [1.54, 1.807) is 0 Å². The van der Waals surface area contributed by atoms with E-state index in [0.717, 1.165) is 39.3 Å². The summed E-state index contributed by atoms with van der Waals surface area (Å²) < 4.78 is 0. The average molecular weight is 575 g/mol. The lowest BCUT2D eigenvalue weighted by atomic mass is 9.79. The van der Waals surface area contributed by atoms with E-state index in [2.05, 4.69) is 159 Å². The summed E-state index contributed by atoms with van der Waals surface area (Å²) in [4.78, 5) is 10.9. The Balaban J connectivity index is 1.41. The van der Waals surface area contributed by atoms with E-state index in [-0.39, 0.29) is 5.41 Å². The molecule has 0 bridgehead atoms. The molecule has 0 unspecified atom stereocenters. The molecule has 2 nitrogen and oxygen atoms in total. The van der Waals surface area contributed by atoms with Crippen molar-refractivity contribution in [3.05, 3.63) is 157 Å². The second-order valence-electron chi connectivity index (χ2n) is 12.6. The summed E-state index contributed by atoms with van der Waals surface area (Å²) in [6.07, 6.45) is 0. The first-order chi connectivity index (χ1) is 22.1. The molecule has 0 fully saturated rings. The first-order valence-corrected chi connectivity index (χ1v) is 15.6. The molecule has 1 aromatic heterocycles. The van der Waals surface area contributed by atoms with Gasteiger partial charge in [0.15, 0.2) is 5.82 Å². The van der Waals surface area contributed by atoms with Gasteiger partial charge in [0.1, 0.15) is 0 Å². The Labute approximate surface area is 262 Å². The van der Waals surface area contributed by atoms with Crippen molar-refractivity contribution >= 4 is 32.3 Å². The molecule has 0 spiro atoms. The molecule has 9 rings (SSSR count). The molecule has 0 amide bonds. The maximum atomic E-state index is 5.50. The van der Waals surface area contributed by atoms with Gasteiger partial charge in [-0.05, 0) is 61.3 Å². The Morgan fingerprint density at radius 2 is 1.11 bits per heavy atom. The highest BCUT2D eigenvalue weighted by Gasteiger charge is 2.37. The van der Waals surface area contributed by atoms with E-state index < -0.39 is 0 Å². The number of hydrogen-bond acceptors (Lipinski definition) is 2. The highest BCUT2D eigenvalue weighted by molar-refractivity contribution is 6.21.